The van der Waals surface area contributed by atoms with Crippen molar-refractivity contribution in [2.45, 2.75) is 32.1 Å². The summed E-state index contributed by atoms with van der Waals surface area (Å²) in [5.74, 6) is 2.06. The second-order valence-corrected chi connectivity index (χ2v) is 4.62. The first kappa shape index (κ1) is 9.47. The van der Waals surface area contributed by atoms with Gasteiger partial charge in [0, 0.05) is 0 Å². The summed E-state index contributed by atoms with van der Waals surface area (Å²) < 4.78 is 0. The van der Waals surface area contributed by atoms with Crippen molar-refractivity contribution in [2.75, 3.05) is 26.2 Å². The Morgan fingerprint density at radius 1 is 0.692 bits per heavy atom. The van der Waals surface area contributed by atoms with Gasteiger partial charge in [0.25, 0.3) is 0 Å². The SMILES string of the molecule is C1CC(CC2CCNCC2)CCN1. The second kappa shape index (κ2) is 4.97. The lowest BCUT2D eigenvalue weighted by molar-refractivity contribution is 0.259. The maximum atomic E-state index is 3.44. The van der Waals surface area contributed by atoms with Crippen LogP contribution in [0.1, 0.15) is 32.1 Å². The molecule has 0 amide bonds. The molecule has 2 rings (SSSR count). The minimum Gasteiger partial charge on any atom is -0.317 e. The van der Waals surface area contributed by atoms with E-state index in [0.717, 1.165) is 11.8 Å². The van der Waals surface area contributed by atoms with Crippen molar-refractivity contribution in [1.82, 2.24) is 10.6 Å². The van der Waals surface area contributed by atoms with Crippen LogP contribution >= 0.6 is 0 Å². The molecule has 2 saturated heterocycles. The zero-order valence-corrected chi connectivity index (χ0v) is 8.52. The highest BCUT2D eigenvalue weighted by atomic mass is 14.9. The zero-order chi connectivity index (χ0) is 8.93. The second-order valence-electron chi connectivity index (χ2n) is 4.62. The van der Waals surface area contributed by atoms with E-state index in [0.29, 0.717) is 0 Å². The monoisotopic (exact) mass is 182 g/mol. The van der Waals surface area contributed by atoms with Crippen LogP contribution in [-0.2, 0) is 0 Å². The van der Waals surface area contributed by atoms with Crippen molar-refractivity contribution in [2.24, 2.45) is 11.8 Å². The lowest BCUT2D eigenvalue weighted by Crippen LogP contribution is -2.32. The van der Waals surface area contributed by atoms with Crippen LogP contribution in [0.5, 0.6) is 0 Å². The zero-order valence-electron chi connectivity index (χ0n) is 8.52. The third-order valence-corrected chi connectivity index (χ3v) is 3.58. The Labute approximate surface area is 81.5 Å². The molecule has 76 valence electrons. The highest BCUT2D eigenvalue weighted by Gasteiger charge is 2.19. The van der Waals surface area contributed by atoms with Crippen LogP contribution in [0.3, 0.4) is 0 Å². The number of nitrogens with one attached hydrogen (secondary N) is 2. The minimum atomic E-state index is 1.03. The number of rotatable bonds is 2. The molecule has 2 aliphatic rings. The van der Waals surface area contributed by atoms with Gasteiger partial charge in [0.1, 0.15) is 0 Å². The molecule has 2 fully saturated rings. The number of hydrogen-bond acceptors (Lipinski definition) is 2. The minimum absolute atomic E-state index is 1.03. The van der Waals surface area contributed by atoms with Crippen LogP contribution in [0.25, 0.3) is 0 Å². The Kier molecular flexibility index (Phi) is 3.62. The smallest absolute Gasteiger partial charge is 0.00463 e. The van der Waals surface area contributed by atoms with Crippen molar-refractivity contribution in [1.29, 1.82) is 0 Å². The first-order chi connectivity index (χ1) is 6.45. The molecule has 0 aliphatic carbocycles. The molecule has 0 spiro atoms. The molecule has 0 aromatic carbocycles. The highest BCUT2D eigenvalue weighted by molar-refractivity contribution is 4.75. The van der Waals surface area contributed by atoms with Gasteiger partial charge in [0.05, 0.1) is 0 Å². The highest BCUT2D eigenvalue weighted by Crippen LogP contribution is 2.26. The van der Waals surface area contributed by atoms with Gasteiger partial charge in [0.15, 0.2) is 0 Å². The molecule has 2 heteroatoms. The van der Waals surface area contributed by atoms with E-state index in [4.69, 9.17) is 0 Å². The fourth-order valence-corrected chi connectivity index (χ4v) is 2.71. The van der Waals surface area contributed by atoms with Crippen molar-refractivity contribution in [3.63, 3.8) is 0 Å². The Morgan fingerprint density at radius 2 is 1.08 bits per heavy atom. The molecule has 2 N–H and O–H groups in total. The van der Waals surface area contributed by atoms with Gasteiger partial charge in [-0.25, -0.2) is 0 Å². The van der Waals surface area contributed by atoms with E-state index in [1.54, 1.807) is 0 Å². The molecule has 0 aromatic heterocycles. The van der Waals surface area contributed by atoms with Crippen molar-refractivity contribution in [3.05, 3.63) is 0 Å². The van der Waals surface area contributed by atoms with Gasteiger partial charge in [-0.1, -0.05) is 0 Å². The normalized spacial score (nSPS) is 27.7. The Morgan fingerprint density at radius 3 is 1.46 bits per heavy atom. The van der Waals surface area contributed by atoms with Gasteiger partial charge in [0.2, 0.25) is 0 Å². The summed E-state index contributed by atoms with van der Waals surface area (Å²) in [5, 5.41) is 6.88. The van der Waals surface area contributed by atoms with Crippen LogP contribution in [0.15, 0.2) is 0 Å². The van der Waals surface area contributed by atoms with Gasteiger partial charge in [-0.05, 0) is 70.1 Å². The average molecular weight is 182 g/mol. The van der Waals surface area contributed by atoms with Gasteiger partial charge in [-0.2, -0.15) is 0 Å². The standard InChI is InChI=1S/C11H22N2/c1-5-12-6-2-10(1)9-11-3-7-13-8-4-11/h10-13H,1-9H2. The lowest BCUT2D eigenvalue weighted by atomic mass is 9.83. The van der Waals surface area contributed by atoms with Gasteiger partial charge >= 0.3 is 0 Å². The lowest BCUT2D eigenvalue weighted by Gasteiger charge is -2.29. The molecule has 13 heavy (non-hydrogen) atoms. The van der Waals surface area contributed by atoms with Crippen LogP contribution < -0.4 is 10.6 Å². The van der Waals surface area contributed by atoms with Crippen LogP contribution in [0, 0.1) is 11.8 Å². The first-order valence-corrected chi connectivity index (χ1v) is 5.86. The van der Waals surface area contributed by atoms with Gasteiger partial charge < -0.3 is 10.6 Å². The Balaban J connectivity index is 1.69. The molecular formula is C11H22N2. The van der Waals surface area contributed by atoms with Crippen LogP contribution in [0.2, 0.25) is 0 Å². The summed E-state index contributed by atoms with van der Waals surface area (Å²) in [6, 6.07) is 0. The van der Waals surface area contributed by atoms with Crippen molar-refractivity contribution in [3.8, 4) is 0 Å². The Hall–Kier alpha value is -0.0800. The summed E-state index contributed by atoms with van der Waals surface area (Å²) in [6.07, 6.45) is 7.19. The van der Waals surface area contributed by atoms with E-state index in [2.05, 4.69) is 10.6 Å². The predicted octanol–water partition coefficient (Wildman–Crippen LogP) is 1.38. The summed E-state index contributed by atoms with van der Waals surface area (Å²) >= 11 is 0. The van der Waals surface area contributed by atoms with E-state index in [1.165, 1.54) is 58.3 Å². The fourth-order valence-electron chi connectivity index (χ4n) is 2.71. The third kappa shape index (κ3) is 2.96. The van der Waals surface area contributed by atoms with Crippen LogP contribution in [0.4, 0.5) is 0 Å². The van der Waals surface area contributed by atoms with Gasteiger partial charge in [-0.15, -0.1) is 0 Å². The molecule has 0 bridgehead atoms. The summed E-state index contributed by atoms with van der Waals surface area (Å²) in [6.45, 7) is 5.04. The largest absolute Gasteiger partial charge is 0.317 e. The Bertz CT molecular complexity index is 119. The number of hydrogen-bond donors (Lipinski definition) is 2. The maximum Gasteiger partial charge on any atom is -0.00463 e. The summed E-state index contributed by atoms with van der Waals surface area (Å²) in [5.41, 5.74) is 0. The molecule has 2 nitrogen and oxygen atoms in total. The average Bonchev–Trinajstić information content (AvgIpc) is 2.21. The molecule has 0 saturated carbocycles. The van der Waals surface area contributed by atoms with Crippen molar-refractivity contribution < 1.29 is 0 Å². The first-order valence-electron chi connectivity index (χ1n) is 5.86. The van der Waals surface area contributed by atoms with E-state index in [1.807, 2.05) is 0 Å². The molecule has 2 aliphatic heterocycles. The number of piperidine rings is 2. The molecular weight excluding hydrogens is 160 g/mol. The summed E-state index contributed by atoms with van der Waals surface area (Å²) in [7, 11) is 0. The summed E-state index contributed by atoms with van der Waals surface area (Å²) in [4.78, 5) is 0. The molecule has 0 atom stereocenters. The fraction of sp³-hybridized carbons (Fsp3) is 1.00. The van der Waals surface area contributed by atoms with Crippen LogP contribution in [-0.4, -0.2) is 26.2 Å². The van der Waals surface area contributed by atoms with E-state index in [-0.39, 0.29) is 0 Å². The molecule has 0 radical (unpaired) electrons. The molecule has 2 heterocycles. The molecule has 0 unspecified atom stereocenters. The van der Waals surface area contributed by atoms with Crippen molar-refractivity contribution >= 4 is 0 Å². The van der Waals surface area contributed by atoms with E-state index >= 15 is 0 Å². The van der Waals surface area contributed by atoms with E-state index < -0.39 is 0 Å². The predicted molar refractivity (Wildman–Crippen MR) is 55.8 cm³/mol. The maximum absolute atomic E-state index is 3.44. The quantitative estimate of drug-likeness (QED) is 0.674. The van der Waals surface area contributed by atoms with E-state index in [9.17, 15) is 0 Å². The third-order valence-electron chi connectivity index (χ3n) is 3.58. The molecule has 0 aromatic rings. The topological polar surface area (TPSA) is 24.1 Å². The van der Waals surface area contributed by atoms with Gasteiger partial charge in [-0.3, -0.25) is 0 Å².